The van der Waals surface area contributed by atoms with E-state index in [0.29, 0.717) is 6.10 Å². The molecular formula is C23H26N2O3S. The van der Waals surface area contributed by atoms with Gasteiger partial charge in [0.15, 0.2) is 0 Å². The summed E-state index contributed by atoms with van der Waals surface area (Å²) in [5.74, 6) is 2.77. The maximum atomic E-state index is 11.1. The Labute approximate surface area is 175 Å². The van der Waals surface area contributed by atoms with Crippen molar-refractivity contribution in [2.45, 2.75) is 67.3 Å². The summed E-state index contributed by atoms with van der Waals surface area (Å²) in [5.41, 5.74) is 2.05. The molecule has 2 saturated carbocycles. The van der Waals surface area contributed by atoms with E-state index in [4.69, 9.17) is 4.74 Å². The molecule has 5 rings (SSSR count). The Morgan fingerprint density at radius 1 is 0.897 bits per heavy atom. The topological polar surface area (TPSA) is 64.4 Å². The van der Waals surface area contributed by atoms with Crippen LogP contribution in [0.2, 0.25) is 0 Å². The highest BCUT2D eigenvalue weighted by Crippen LogP contribution is 2.47. The molecule has 0 saturated heterocycles. The Kier molecular flexibility index (Phi) is 5.12. The van der Waals surface area contributed by atoms with Crippen LogP contribution in [-0.2, 0) is 0 Å². The van der Waals surface area contributed by atoms with E-state index in [-0.39, 0.29) is 10.6 Å². The van der Waals surface area contributed by atoms with E-state index in [1.165, 1.54) is 44.6 Å². The Morgan fingerprint density at radius 3 is 2.28 bits per heavy atom. The van der Waals surface area contributed by atoms with Gasteiger partial charge in [0.25, 0.3) is 5.69 Å². The molecule has 1 heterocycles. The molecule has 2 aromatic carbocycles. The van der Waals surface area contributed by atoms with Crippen LogP contribution in [0, 0.1) is 22.0 Å². The summed E-state index contributed by atoms with van der Waals surface area (Å²) in [4.78, 5) is 12.6. The lowest BCUT2D eigenvalue weighted by molar-refractivity contribution is -0.385. The van der Waals surface area contributed by atoms with E-state index >= 15 is 0 Å². The van der Waals surface area contributed by atoms with Gasteiger partial charge in [0.2, 0.25) is 0 Å². The van der Waals surface area contributed by atoms with Gasteiger partial charge >= 0.3 is 0 Å². The minimum absolute atomic E-state index is 0.118. The number of fused-ring (bicyclic) bond motifs is 2. The fourth-order valence-corrected chi connectivity index (χ4v) is 6.19. The molecule has 0 unspecified atom stereocenters. The third kappa shape index (κ3) is 3.95. The molecular weight excluding hydrogens is 384 g/mol. The molecule has 3 aliphatic rings. The standard InChI is InChI=1S/C23H26N2O3S/c26-25(27)17-7-11-20-22(13-17)29-23-14-19(10-12-21(23)24-20)28-18-8-5-16(6-9-18)15-3-1-2-4-15/h7,10-16,18,24H,1-6,8-9H2. The van der Waals surface area contributed by atoms with Crippen molar-refractivity contribution in [2.75, 3.05) is 5.32 Å². The largest absolute Gasteiger partial charge is 0.490 e. The Hall–Kier alpha value is -2.21. The van der Waals surface area contributed by atoms with Gasteiger partial charge in [-0.05, 0) is 61.8 Å². The number of ether oxygens (including phenoxy) is 1. The van der Waals surface area contributed by atoms with E-state index in [9.17, 15) is 10.1 Å². The number of anilines is 2. The van der Waals surface area contributed by atoms with Crippen molar-refractivity contribution in [3.05, 3.63) is 46.5 Å². The Balaban J connectivity index is 1.24. The van der Waals surface area contributed by atoms with Crippen LogP contribution in [0.25, 0.3) is 0 Å². The van der Waals surface area contributed by atoms with Crippen LogP contribution >= 0.6 is 11.8 Å². The fraction of sp³-hybridized carbons (Fsp3) is 0.478. The van der Waals surface area contributed by atoms with Crippen molar-refractivity contribution in [3.63, 3.8) is 0 Å². The third-order valence-electron chi connectivity index (χ3n) is 6.71. The van der Waals surface area contributed by atoms with Gasteiger partial charge in [0.1, 0.15) is 5.75 Å². The van der Waals surface area contributed by atoms with Crippen molar-refractivity contribution in [2.24, 2.45) is 11.8 Å². The number of hydrogen-bond acceptors (Lipinski definition) is 5. The third-order valence-corrected chi connectivity index (χ3v) is 7.82. The number of nitrogens with zero attached hydrogens (tertiary/aromatic N) is 1. The number of hydrogen-bond donors (Lipinski definition) is 1. The second-order valence-corrected chi connectivity index (χ2v) is 9.61. The lowest BCUT2D eigenvalue weighted by Crippen LogP contribution is -2.27. The minimum atomic E-state index is -0.349. The molecule has 29 heavy (non-hydrogen) atoms. The minimum Gasteiger partial charge on any atom is -0.490 e. The molecule has 2 fully saturated rings. The van der Waals surface area contributed by atoms with E-state index < -0.39 is 0 Å². The van der Waals surface area contributed by atoms with Crippen LogP contribution in [0.3, 0.4) is 0 Å². The fourth-order valence-electron chi connectivity index (χ4n) is 5.14. The zero-order valence-electron chi connectivity index (χ0n) is 16.4. The highest BCUT2D eigenvalue weighted by atomic mass is 32.2. The average molecular weight is 411 g/mol. The highest BCUT2D eigenvalue weighted by Gasteiger charge is 2.30. The number of non-ortho nitro benzene ring substituents is 1. The summed E-state index contributed by atoms with van der Waals surface area (Å²) in [6.45, 7) is 0. The van der Waals surface area contributed by atoms with Crippen molar-refractivity contribution >= 4 is 28.8 Å². The van der Waals surface area contributed by atoms with E-state index in [1.54, 1.807) is 23.9 Å². The first-order valence-corrected chi connectivity index (χ1v) is 11.5. The van der Waals surface area contributed by atoms with E-state index in [2.05, 4.69) is 11.4 Å². The first-order valence-electron chi connectivity index (χ1n) is 10.7. The lowest BCUT2D eigenvalue weighted by Gasteiger charge is -2.32. The van der Waals surface area contributed by atoms with Crippen LogP contribution in [-0.4, -0.2) is 11.0 Å². The van der Waals surface area contributed by atoms with Crippen molar-refractivity contribution in [1.29, 1.82) is 0 Å². The molecule has 0 aromatic heterocycles. The zero-order chi connectivity index (χ0) is 19.8. The predicted octanol–water partition coefficient (Wildman–Crippen LogP) is 6.93. The maximum Gasteiger partial charge on any atom is 0.270 e. The maximum absolute atomic E-state index is 11.1. The van der Waals surface area contributed by atoms with Gasteiger partial charge in [-0.25, -0.2) is 0 Å². The van der Waals surface area contributed by atoms with Gasteiger partial charge in [-0.2, -0.15) is 0 Å². The molecule has 1 N–H and O–H groups in total. The van der Waals surface area contributed by atoms with Gasteiger partial charge in [0.05, 0.1) is 22.4 Å². The molecule has 1 aliphatic heterocycles. The molecule has 152 valence electrons. The molecule has 0 radical (unpaired) electrons. The smallest absolute Gasteiger partial charge is 0.270 e. The number of nitro groups is 1. The zero-order valence-corrected chi connectivity index (χ0v) is 17.2. The molecule has 2 aliphatic carbocycles. The summed E-state index contributed by atoms with van der Waals surface area (Å²) >= 11 is 1.56. The summed E-state index contributed by atoms with van der Waals surface area (Å²) in [6.07, 6.45) is 10.9. The lowest BCUT2D eigenvalue weighted by atomic mass is 9.78. The Morgan fingerprint density at radius 2 is 1.55 bits per heavy atom. The molecule has 0 atom stereocenters. The molecule has 2 aromatic rings. The van der Waals surface area contributed by atoms with Gasteiger partial charge in [-0.3, -0.25) is 10.1 Å². The first kappa shape index (κ1) is 18.8. The van der Waals surface area contributed by atoms with E-state index in [1.807, 2.05) is 12.1 Å². The van der Waals surface area contributed by atoms with Crippen LogP contribution in [0.4, 0.5) is 17.1 Å². The van der Waals surface area contributed by atoms with Crippen molar-refractivity contribution < 1.29 is 9.66 Å². The summed E-state index contributed by atoms with van der Waals surface area (Å²) in [7, 11) is 0. The molecule has 0 bridgehead atoms. The monoisotopic (exact) mass is 410 g/mol. The van der Waals surface area contributed by atoms with Crippen molar-refractivity contribution in [1.82, 2.24) is 0 Å². The number of nitro benzene ring substituents is 1. The quantitative estimate of drug-likeness (QED) is 0.373. The number of nitrogens with one attached hydrogen (secondary N) is 1. The van der Waals surface area contributed by atoms with Crippen LogP contribution < -0.4 is 10.1 Å². The van der Waals surface area contributed by atoms with Crippen molar-refractivity contribution in [3.8, 4) is 5.75 Å². The summed E-state index contributed by atoms with van der Waals surface area (Å²) in [5, 5.41) is 14.4. The van der Waals surface area contributed by atoms with Gasteiger partial charge < -0.3 is 10.1 Å². The first-order chi connectivity index (χ1) is 14.2. The molecule has 0 spiro atoms. The normalized spacial score (nSPS) is 23.7. The Bertz CT molecular complexity index is 918. The number of rotatable bonds is 4. The highest BCUT2D eigenvalue weighted by molar-refractivity contribution is 7.99. The SMILES string of the molecule is O=[N+]([O-])c1ccc2c(c1)Sc1cc(OC3CCC(C4CCCC4)CC3)ccc1N2. The van der Waals surface area contributed by atoms with Gasteiger partial charge in [0, 0.05) is 21.9 Å². The van der Waals surface area contributed by atoms with Crippen LogP contribution in [0.15, 0.2) is 46.2 Å². The van der Waals surface area contributed by atoms with Crippen LogP contribution in [0.5, 0.6) is 5.75 Å². The number of benzene rings is 2. The van der Waals surface area contributed by atoms with Crippen LogP contribution in [0.1, 0.15) is 51.4 Å². The second-order valence-electron chi connectivity index (χ2n) is 8.52. The van der Waals surface area contributed by atoms with E-state index in [0.717, 1.165) is 51.6 Å². The predicted molar refractivity (Wildman–Crippen MR) is 115 cm³/mol. The second kappa shape index (κ2) is 7.90. The summed E-state index contributed by atoms with van der Waals surface area (Å²) < 4.78 is 6.33. The molecule has 5 nitrogen and oxygen atoms in total. The van der Waals surface area contributed by atoms with Gasteiger partial charge in [-0.15, -0.1) is 0 Å². The van der Waals surface area contributed by atoms with Gasteiger partial charge in [-0.1, -0.05) is 37.4 Å². The molecule has 0 amide bonds. The summed E-state index contributed by atoms with van der Waals surface area (Å²) in [6, 6.07) is 11.1. The molecule has 6 heteroatoms. The average Bonchev–Trinajstić information content (AvgIpc) is 3.27.